The molecule has 0 amide bonds. The van der Waals surface area contributed by atoms with Crippen molar-refractivity contribution in [1.29, 1.82) is 0 Å². The molecule has 12 rings (SSSR count). The zero-order valence-electron chi connectivity index (χ0n) is 49.4. The number of hydrogen-bond acceptors (Lipinski definition) is 4. The predicted octanol–water partition coefficient (Wildman–Crippen LogP) is 19.4. The number of pyridine rings is 1. The van der Waals surface area contributed by atoms with Crippen LogP contribution >= 0.6 is 0 Å². The van der Waals surface area contributed by atoms with E-state index in [4.69, 9.17) is 12.5 Å². The molecule has 2 aliphatic heterocycles. The number of para-hydroxylation sites is 3. The average Bonchev–Trinajstić information content (AvgIpc) is 4.11. The molecule has 2 aromatic heterocycles. The molecule has 5 nitrogen and oxygen atoms in total. The summed E-state index contributed by atoms with van der Waals surface area (Å²) in [7, 11) is 0. The Bertz CT molecular complexity index is 4140. The van der Waals surface area contributed by atoms with Gasteiger partial charge < -0.3 is 14.5 Å². The first-order valence-corrected chi connectivity index (χ1v) is 26.4. The molecule has 2 aliphatic rings. The van der Waals surface area contributed by atoms with Gasteiger partial charge in [0.1, 0.15) is 24.0 Å². The van der Waals surface area contributed by atoms with E-state index < -0.39 is 0 Å². The number of anilines is 4. The Morgan fingerprint density at radius 2 is 1.05 bits per heavy atom. The molecule has 0 radical (unpaired) electrons. The number of hydrogen-bond donors (Lipinski definition) is 0. The Balaban J connectivity index is 1.22. The summed E-state index contributed by atoms with van der Waals surface area (Å²) in [6.07, 6.45) is 0. The van der Waals surface area contributed by atoms with Crippen LogP contribution in [0.5, 0.6) is 11.5 Å². The van der Waals surface area contributed by atoms with Crippen LogP contribution in [0, 0.1) is 0 Å². The van der Waals surface area contributed by atoms with Gasteiger partial charge in [0.05, 0.1) is 39.3 Å². The summed E-state index contributed by atoms with van der Waals surface area (Å²) in [5, 5.41) is 1.10. The lowest BCUT2D eigenvalue weighted by molar-refractivity contribution is 0.479. The van der Waals surface area contributed by atoms with E-state index in [9.17, 15) is 2.74 Å². The zero-order valence-corrected chi connectivity index (χ0v) is 45.4. The van der Waals surface area contributed by atoms with Crippen LogP contribution in [0.1, 0.15) is 111 Å². The van der Waals surface area contributed by atoms with E-state index in [0.717, 1.165) is 78.5 Å². The van der Waals surface area contributed by atoms with Crippen LogP contribution in [0.25, 0.3) is 72.3 Å². The molecule has 75 heavy (non-hydrogen) atoms. The lowest BCUT2D eigenvalue weighted by atomic mass is 9.80. The number of ether oxygens (including phenoxy) is 1. The van der Waals surface area contributed by atoms with E-state index in [0.29, 0.717) is 45.8 Å². The number of fused-ring (bicyclic) bond motifs is 23. The first-order valence-electron chi connectivity index (χ1n) is 28.4. The maximum absolute atomic E-state index is 9.50. The van der Waals surface area contributed by atoms with E-state index in [1.54, 1.807) is 0 Å². The molecular formula is C70H68N4O. The van der Waals surface area contributed by atoms with Crippen molar-refractivity contribution in [1.82, 2.24) is 9.55 Å². The molecule has 374 valence electrons. The van der Waals surface area contributed by atoms with Gasteiger partial charge in [-0.2, -0.15) is 0 Å². The van der Waals surface area contributed by atoms with Gasteiger partial charge in [0.25, 0.3) is 0 Å². The molecule has 0 atom stereocenters. The highest BCUT2D eigenvalue weighted by molar-refractivity contribution is 6.09. The standard InChI is InChI=1S/C70H68N4O/c1-67(2,3)47-24-20-22-45(34-47)58-37-49(69(7,8)9)38-59-55-26-14-13-25-54(55)44-21-19-23-46(33-44)60-39-50(70(10,11)12)40-65(71-60)74-61-28-16-15-27-56(61)57-32-31-52(42-64(57)74)75-53-36-48(68(4,5)6)35-51(41-53)72-43-73(66(58)59)63-30-18-17-29-62(63)72/h13-42H,43H2,1-12H3/i15D,16D,27D,28D. The van der Waals surface area contributed by atoms with Gasteiger partial charge in [0, 0.05) is 45.3 Å². The zero-order chi connectivity index (χ0) is 55.8. The van der Waals surface area contributed by atoms with Crippen molar-refractivity contribution in [2.75, 3.05) is 16.5 Å². The highest BCUT2D eigenvalue weighted by Gasteiger charge is 2.34. The molecular weight excluding hydrogens is 913 g/mol. The second-order valence-corrected chi connectivity index (χ2v) is 24.8. The Morgan fingerprint density at radius 3 is 1.79 bits per heavy atom. The van der Waals surface area contributed by atoms with Gasteiger partial charge in [0.15, 0.2) is 0 Å². The largest absolute Gasteiger partial charge is 0.457 e. The SMILES string of the molecule is [2H]c1c([2H])c([2H])c2c(c1[2H])c1ccc3cc1n2-c1cc(C(C)(C)C)cc(n1)-c1cccc(c1)-c1ccccc1-c1cc(C(C)(C)C)cc(-c2cccc(C(C)(C)C)c2)c1N1CN(c2cc(cc(C(C)(C)C)c2)O3)c2ccccc21. The van der Waals surface area contributed by atoms with Crippen LogP contribution in [0.15, 0.2) is 182 Å². The lowest BCUT2D eigenvalue weighted by Gasteiger charge is -2.31. The number of aromatic nitrogens is 2. The third-order valence-corrected chi connectivity index (χ3v) is 15.3. The topological polar surface area (TPSA) is 33.5 Å². The third-order valence-electron chi connectivity index (χ3n) is 15.3. The Labute approximate surface area is 449 Å². The first kappa shape index (κ1) is 43.5. The minimum absolute atomic E-state index is 0.0776. The molecule has 5 heteroatoms. The maximum Gasteiger partial charge on any atom is 0.138 e. The van der Waals surface area contributed by atoms with E-state index in [1.165, 1.54) is 11.1 Å². The molecule has 4 heterocycles. The van der Waals surface area contributed by atoms with Gasteiger partial charge in [-0.1, -0.05) is 180 Å². The summed E-state index contributed by atoms with van der Waals surface area (Å²) >= 11 is 0. The van der Waals surface area contributed by atoms with Crippen molar-refractivity contribution in [3.8, 4) is 62.0 Å². The summed E-state index contributed by atoms with van der Waals surface area (Å²) in [4.78, 5) is 10.5. The smallest absolute Gasteiger partial charge is 0.138 e. The van der Waals surface area contributed by atoms with Crippen molar-refractivity contribution in [3.05, 3.63) is 204 Å². The molecule has 8 aromatic carbocycles. The van der Waals surface area contributed by atoms with Crippen LogP contribution in [0.3, 0.4) is 0 Å². The normalized spacial score (nSPS) is 14.3. The molecule has 0 N–H and O–H groups in total. The van der Waals surface area contributed by atoms with Gasteiger partial charge in [-0.3, -0.25) is 4.57 Å². The Morgan fingerprint density at radius 1 is 0.440 bits per heavy atom. The Kier molecular flexibility index (Phi) is 10.1. The van der Waals surface area contributed by atoms with Gasteiger partial charge in [-0.15, -0.1) is 0 Å². The Hall–Kier alpha value is -7.89. The van der Waals surface area contributed by atoms with Gasteiger partial charge in [-0.05, 0) is 139 Å². The molecule has 0 aliphatic carbocycles. The van der Waals surface area contributed by atoms with Crippen LogP contribution in [-0.2, 0) is 21.7 Å². The molecule has 0 unspecified atom stereocenters. The fourth-order valence-electron chi connectivity index (χ4n) is 11.0. The molecule has 0 spiro atoms. The van der Waals surface area contributed by atoms with Crippen LogP contribution in [-0.4, -0.2) is 16.2 Å². The van der Waals surface area contributed by atoms with Crippen molar-refractivity contribution in [2.24, 2.45) is 0 Å². The van der Waals surface area contributed by atoms with Crippen LogP contribution in [0.4, 0.5) is 22.7 Å². The minimum Gasteiger partial charge on any atom is -0.457 e. The summed E-state index contributed by atoms with van der Waals surface area (Å²) < 4.78 is 45.6. The highest BCUT2D eigenvalue weighted by Crippen LogP contribution is 2.54. The minimum atomic E-state index is -0.326. The maximum atomic E-state index is 9.50. The second-order valence-electron chi connectivity index (χ2n) is 24.8. The summed E-state index contributed by atoms with van der Waals surface area (Å²) in [5.74, 6) is 1.76. The van der Waals surface area contributed by atoms with E-state index in [1.807, 2.05) is 22.8 Å². The summed E-state index contributed by atoms with van der Waals surface area (Å²) in [5.41, 5.74) is 17.4. The van der Waals surface area contributed by atoms with Gasteiger partial charge >= 0.3 is 0 Å². The second kappa shape index (κ2) is 17.3. The third kappa shape index (κ3) is 8.57. The summed E-state index contributed by atoms with van der Waals surface area (Å²) in [6.45, 7) is 27.6. The number of benzene rings is 8. The van der Waals surface area contributed by atoms with Crippen LogP contribution in [0.2, 0.25) is 0 Å². The molecule has 0 saturated carbocycles. The van der Waals surface area contributed by atoms with Crippen molar-refractivity contribution in [3.63, 3.8) is 0 Å². The number of rotatable bonds is 1. The van der Waals surface area contributed by atoms with E-state index >= 15 is 0 Å². The van der Waals surface area contributed by atoms with Gasteiger partial charge in [0.2, 0.25) is 0 Å². The number of nitrogens with zero attached hydrogens (tertiary/aromatic N) is 4. The van der Waals surface area contributed by atoms with Crippen molar-refractivity contribution < 1.29 is 10.2 Å². The van der Waals surface area contributed by atoms with Crippen molar-refractivity contribution >= 4 is 44.6 Å². The fourth-order valence-corrected chi connectivity index (χ4v) is 11.0. The highest BCUT2D eigenvalue weighted by atomic mass is 16.5. The fraction of sp³-hybridized carbons (Fsp3) is 0.243. The first-order chi connectivity index (χ1) is 37.3. The molecule has 0 saturated heterocycles. The van der Waals surface area contributed by atoms with Crippen LogP contribution < -0.4 is 14.5 Å². The van der Waals surface area contributed by atoms with Crippen molar-refractivity contribution in [2.45, 2.75) is 105 Å². The molecule has 10 bridgehead atoms. The molecule has 0 fully saturated rings. The van der Waals surface area contributed by atoms with Gasteiger partial charge in [-0.25, -0.2) is 4.98 Å². The predicted molar refractivity (Wildman–Crippen MR) is 317 cm³/mol. The lowest BCUT2D eigenvalue weighted by Crippen LogP contribution is -2.26. The monoisotopic (exact) mass is 985 g/mol. The summed E-state index contributed by atoms with van der Waals surface area (Å²) in [6, 6.07) is 56.1. The average molecular weight is 985 g/mol. The van der Waals surface area contributed by atoms with E-state index in [-0.39, 0.29) is 45.8 Å². The van der Waals surface area contributed by atoms with E-state index in [2.05, 4.69) is 232 Å². The quantitative estimate of drug-likeness (QED) is 0.164. The molecule has 10 aromatic rings.